The fourth-order valence-corrected chi connectivity index (χ4v) is 3.53. The molecule has 0 saturated heterocycles. The van der Waals surface area contributed by atoms with Crippen LogP contribution in [0, 0.1) is 0 Å². The van der Waals surface area contributed by atoms with Gasteiger partial charge in [-0.1, -0.05) is 66.7 Å². The summed E-state index contributed by atoms with van der Waals surface area (Å²) < 4.78 is 12.0. The maximum Gasteiger partial charge on any atom is 0.328 e. The van der Waals surface area contributed by atoms with Crippen molar-refractivity contribution in [2.45, 2.75) is 12.8 Å². The molecule has 8 heteroatoms. The summed E-state index contributed by atoms with van der Waals surface area (Å²) >= 11 is 0. The predicted molar refractivity (Wildman–Crippen MR) is 145 cm³/mol. The maximum absolute atomic E-state index is 12.6. The lowest BCUT2D eigenvalue weighted by molar-refractivity contribution is -0.134. The summed E-state index contributed by atoms with van der Waals surface area (Å²) in [5, 5.41) is 19.6. The van der Waals surface area contributed by atoms with E-state index < -0.39 is 11.9 Å². The molecular weight excluding hydrogens is 486 g/mol. The van der Waals surface area contributed by atoms with Crippen LogP contribution in [0.5, 0.6) is 5.75 Å². The number of nitrogens with one attached hydrogen (secondary N) is 1. The van der Waals surface area contributed by atoms with E-state index in [0.717, 1.165) is 31.5 Å². The standard InChI is InChI=1S/C26H25NO3.C4H4O4/c28-23-19-25(21-11-5-2-6-12-21)30-26-22(23)13-7-14-24(26)29-18-8-16-27-17-15-20-9-3-1-4-10-20;5-3(6)1-2-4(7)8/h1-7,9-14,19,27H,8,15-18H2;1-2H,(H,5,6)(H,7,8)/b;2-1-. The molecule has 196 valence electrons. The lowest BCUT2D eigenvalue weighted by Gasteiger charge is -2.10. The molecule has 0 radical (unpaired) electrons. The Morgan fingerprint density at radius 3 is 2.16 bits per heavy atom. The summed E-state index contributed by atoms with van der Waals surface area (Å²) in [5.74, 6) is -1.36. The first-order valence-corrected chi connectivity index (χ1v) is 12.1. The molecule has 0 spiro atoms. The Balaban J connectivity index is 0.000000436. The van der Waals surface area contributed by atoms with Crippen molar-refractivity contribution < 1.29 is 29.0 Å². The lowest BCUT2D eigenvalue weighted by Crippen LogP contribution is -2.20. The third-order valence-corrected chi connectivity index (χ3v) is 5.33. The van der Waals surface area contributed by atoms with Crippen LogP contribution in [0.2, 0.25) is 0 Å². The first-order chi connectivity index (χ1) is 18.4. The minimum Gasteiger partial charge on any atom is -0.490 e. The second-order valence-corrected chi connectivity index (χ2v) is 8.17. The molecule has 0 fully saturated rings. The first kappa shape index (κ1) is 27.9. The number of hydrogen-bond donors (Lipinski definition) is 3. The molecule has 3 N–H and O–H groups in total. The summed E-state index contributed by atoms with van der Waals surface area (Å²) in [4.78, 5) is 31.7. The number of aliphatic carboxylic acids is 2. The van der Waals surface area contributed by atoms with Crippen molar-refractivity contribution in [2.75, 3.05) is 19.7 Å². The molecule has 0 amide bonds. The van der Waals surface area contributed by atoms with Crippen molar-refractivity contribution in [3.05, 3.63) is 113 Å². The summed E-state index contributed by atoms with van der Waals surface area (Å²) in [6.45, 7) is 2.36. The molecule has 1 heterocycles. The van der Waals surface area contributed by atoms with E-state index in [4.69, 9.17) is 19.4 Å². The molecule has 0 aliphatic rings. The van der Waals surface area contributed by atoms with Crippen molar-refractivity contribution in [3.8, 4) is 17.1 Å². The molecule has 4 rings (SSSR count). The lowest BCUT2D eigenvalue weighted by atomic mass is 10.1. The van der Waals surface area contributed by atoms with E-state index in [1.807, 2.05) is 48.5 Å². The number of fused-ring (bicyclic) bond motifs is 1. The number of carboxylic acids is 2. The number of carbonyl (C=O) groups is 2. The highest BCUT2D eigenvalue weighted by Crippen LogP contribution is 2.28. The Morgan fingerprint density at radius 2 is 1.50 bits per heavy atom. The molecule has 1 aromatic heterocycles. The van der Waals surface area contributed by atoms with Crippen molar-refractivity contribution in [2.24, 2.45) is 0 Å². The second-order valence-electron chi connectivity index (χ2n) is 8.17. The van der Waals surface area contributed by atoms with Gasteiger partial charge in [0.05, 0.1) is 12.0 Å². The van der Waals surface area contributed by atoms with Gasteiger partial charge >= 0.3 is 11.9 Å². The van der Waals surface area contributed by atoms with Crippen LogP contribution >= 0.6 is 0 Å². The number of para-hydroxylation sites is 1. The van der Waals surface area contributed by atoms with Gasteiger partial charge in [0, 0.05) is 23.8 Å². The Morgan fingerprint density at radius 1 is 0.842 bits per heavy atom. The molecule has 0 aliphatic carbocycles. The highest BCUT2D eigenvalue weighted by molar-refractivity contribution is 5.89. The van der Waals surface area contributed by atoms with Gasteiger partial charge in [0.2, 0.25) is 0 Å². The molecule has 0 bridgehead atoms. The van der Waals surface area contributed by atoms with E-state index in [1.165, 1.54) is 11.6 Å². The molecule has 0 saturated carbocycles. The van der Waals surface area contributed by atoms with Gasteiger partial charge in [-0.25, -0.2) is 9.59 Å². The zero-order valence-corrected chi connectivity index (χ0v) is 20.7. The van der Waals surface area contributed by atoms with Crippen LogP contribution < -0.4 is 15.5 Å². The topological polar surface area (TPSA) is 126 Å². The number of ether oxygens (including phenoxy) is 1. The van der Waals surface area contributed by atoms with Gasteiger partial charge in [0.25, 0.3) is 0 Å². The third kappa shape index (κ3) is 9.07. The summed E-state index contributed by atoms with van der Waals surface area (Å²) in [6.07, 6.45) is 3.00. The van der Waals surface area contributed by atoms with E-state index in [1.54, 1.807) is 6.07 Å². The SMILES string of the molecule is O=C(O)/C=C\C(=O)O.O=c1cc(-c2ccccc2)oc2c(OCCCNCCc3ccccc3)cccc12. The molecule has 38 heavy (non-hydrogen) atoms. The monoisotopic (exact) mass is 515 g/mol. The average molecular weight is 516 g/mol. The van der Waals surface area contributed by atoms with Crippen LogP contribution in [0.3, 0.4) is 0 Å². The minimum absolute atomic E-state index is 0.0665. The Labute approximate surface area is 219 Å². The number of carboxylic acid groups (broad SMARTS) is 2. The number of benzene rings is 3. The second kappa shape index (κ2) is 14.8. The molecule has 0 atom stereocenters. The zero-order chi connectivity index (χ0) is 27.2. The highest BCUT2D eigenvalue weighted by Gasteiger charge is 2.11. The molecular formula is C30H29NO7. The van der Waals surface area contributed by atoms with Gasteiger partial charge in [-0.2, -0.15) is 0 Å². The van der Waals surface area contributed by atoms with E-state index in [2.05, 4.69) is 29.6 Å². The van der Waals surface area contributed by atoms with Gasteiger partial charge in [0.15, 0.2) is 16.8 Å². The highest BCUT2D eigenvalue weighted by atomic mass is 16.5. The van der Waals surface area contributed by atoms with Crippen LogP contribution in [0.4, 0.5) is 0 Å². The van der Waals surface area contributed by atoms with Gasteiger partial charge < -0.3 is 24.7 Å². The van der Waals surface area contributed by atoms with Crippen molar-refractivity contribution in [1.82, 2.24) is 5.32 Å². The normalized spacial score (nSPS) is 10.6. The molecule has 0 aliphatic heterocycles. The van der Waals surface area contributed by atoms with Crippen molar-refractivity contribution in [1.29, 1.82) is 0 Å². The van der Waals surface area contributed by atoms with E-state index in [-0.39, 0.29) is 5.43 Å². The van der Waals surface area contributed by atoms with Crippen molar-refractivity contribution in [3.63, 3.8) is 0 Å². The van der Waals surface area contributed by atoms with Crippen LogP contribution in [-0.2, 0) is 16.0 Å². The average Bonchev–Trinajstić information content (AvgIpc) is 2.93. The van der Waals surface area contributed by atoms with Gasteiger partial charge in [-0.15, -0.1) is 0 Å². The molecule has 3 aromatic carbocycles. The molecule has 8 nitrogen and oxygen atoms in total. The largest absolute Gasteiger partial charge is 0.490 e. The molecule has 4 aromatic rings. The Kier molecular flexibility index (Phi) is 10.8. The Bertz CT molecular complexity index is 1400. The van der Waals surface area contributed by atoms with E-state index in [9.17, 15) is 14.4 Å². The first-order valence-electron chi connectivity index (χ1n) is 12.1. The Hall–Kier alpha value is -4.69. The summed E-state index contributed by atoms with van der Waals surface area (Å²) in [5.41, 5.74) is 2.64. The maximum atomic E-state index is 12.6. The van der Waals surface area contributed by atoms with E-state index in [0.29, 0.717) is 41.2 Å². The third-order valence-electron chi connectivity index (χ3n) is 5.33. The quantitative estimate of drug-likeness (QED) is 0.193. The number of hydrogen-bond acceptors (Lipinski definition) is 6. The minimum atomic E-state index is -1.26. The summed E-state index contributed by atoms with van der Waals surface area (Å²) in [6, 6.07) is 27.1. The van der Waals surface area contributed by atoms with Gasteiger partial charge in [0.1, 0.15) is 5.76 Å². The van der Waals surface area contributed by atoms with Crippen LogP contribution in [0.25, 0.3) is 22.3 Å². The fraction of sp³-hybridized carbons (Fsp3) is 0.167. The predicted octanol–water partition coefficient (Wildman–Crippen LogP) is 4.77. The van der Waals surface area contributed by atoms with Gasteiger partial charge in [-0.05, 0) is 43.6 Å². The number of rotatable bonds is 11. The van der Waals surface area contributed by atoms with Crippen LogP contribution in [0.15, 0.2) is 106 Å². The van der Waals surface area contributed by atoms with Crippen LogP contribution in [-0.4, -0.2) is 41.8 Å². The zero-order valence-electron chi connectivity index (χ0n) is 20.7. The summed E-state index contributed by atoms with van der Waals surface area (Å²) in [7, 11) is 0. The van der Waals surface area contributed by atoms with E-state index >= 15 is 0 Å². The van der Waals surface area contributed by atoms with Crippen LogP contribution in [0.1, 0.15) is 12.0 Å². The van der Waals surface area contributed by atoms with Crippen molar-refractivity contribution >= 4 is 22.9 Å². The fourth-order valence-electron chi connectivity index (χ4n) is 3.53. The molecule has 0 unspecified atom stereocenters. The smallest absolute Gasteiger partial charge is 0.328 e. The van der Waals surface area contributed by atoms with Gasteiger partial charge in [-0.3, -0.25) is 4.79 Å².